The van der Waals surface area contributed by atoms with E-state index in [0.29, 0.717) is 37.6 Å². The molecule has 3 rings (SSSR count). The van der Waals surface area contributed by atoms with Gasteiger partial charge >= 0.3 is 6.61 Å². The summed E-state index contributed by atoms with van der Waals surface area (Å²) in [6.07, 6.45) is 0. The predicted molar refractivity (Wildman–Crippen MR) is 92.7 cm³/mol. The zero-order valence-corrected chi connectivity index (χ0v) is 14.7. The van der Waals surface area contributed by atoms with Crippen LogP contribution >= 0.6 is 0 Å². The van der Waals surface area contributed by atoms with Crippen LogP contribution in [0.5, 0.6) is 5.75 Å². The first-order valence-corrected chi connectivity index (χ1v) is 8.34. The zero-order chi connectivity index (χ0) is 18.7. The first-order chi connectivity index (χ1) is 12.4. The van der Waals surface area contributed by atoms with E-state index in [4.69, 9.17) is 0 Å². The molecule has 2 aromatic rings. The quantitative estimate of drug-likeness (QED) is 0.837. The molecular formula is C18H20F2N4O2. The van der Waals surface area contributed by atoms with Crippen molar-refractivity contribution in [2.24, 2.45) is 0 Å². The molecule has 0 unspecified atom stereocenters. The molecule has 0 aliphatic carbocycles. The number of halogens is 2. The summed E-state index contributed by atoms with van der Waals surface area (Å²) in [5, 5.41) is 0. The molecule has 0 bridgehead atoms. The van der Waals surface area contributed by atoms with Crippen LogP contribution in [0.1, 0.15) is 21.9 Å². The maximum absolute atomic E-state index is 12.6. The van der Waals surface area contributed by atoms with E-state index < -0.39 is 6.61 Å². The van der Waals surface area contributed by atoms with E-state index in [1.807, 2.05) is 19.9 Å². The van der Waals surface area contributed by atoms with E-state index >= 15 is 0 Å². The second-order valence-electron chi connectivity index (χ2n) is 6.10. The standard InChI is InChI=1S/C18H20F2N4O2/c1-12-10-16(22-13(2)21-12)23-6-8-24(9-7-23)17(25)14-4-3-5-15(11-14)26-18(19)20/h3-5,10-11,18H,6-9H2,1-2H3. The van der Waals surface area contributed by atoms with Gasteiger partial charge in [-0.05, 0) is 32.0 Å². The number of piperazine rings is 1. The number of carbonyl (C=O) groups excluding carboxylic acids is 1. The molecule has 1 amide bonds. The molecule has 1 aromatic carbocycles. The number of nitrogens with zero attached hydrogens (tertiary/aromatic N) is 4. The van der Waals surface area contributed by atoms with Gasteiger partial charge in [0.05, 0.1) is 0 Å². The normalized spacial score (nSPS) is 14.7. The van der Waals surface area contributed by atoms with Crippen molar-refractivity contribution < 1.29 is 18.3 Å². The van der Waals surface area contributed by atoms with Gasteiger partial charge in [0, 0.05) is 43.5 Å². The minimum atomic E-state index is -2.91. The van der Waals surface area contributed by atoms with Gasteiger partial charge in [0.1, 0.15) is 17.4 Å². The molecular weight excluding hydrogens is 342 g/mol. The number of alkyl halides is 2. The number of aryl methyl sites for hydroxylation is 2. The zero-order valence-electron chi connectivity index (χ0n) is 14.7. The second kappa shape index (κ2) is 7.63. The van der Waals surface area contributed by atoms with Gasteiger partial charge in [-0.25, -0.2) is 9.97 Å². The van der Waals surface area contributed by atoms with Crippen molar-refractivity contribution in [1.29, 1.82) is 0 Å². The summed E-state index contributed by atoms with van der Waals surface area (Å²) in [5.74, 6) is 1.36. The lowest BCUT2D eigenvalue weighted by molar-refractivity contribution is -0.0499. The summed E-state index contributed by atoms with van der Waals surface area (Å²) < 4.78 is 29.0. The van der Waals surface area contributed by atoms with E-state index in [1.165, 1.54) is 18.2 Å². The smallest absolute Gasteiger partial charge is 0.387 e. The number of anilines is 1. The van der Waals surface area contributed by atoms with Crippen molar-refractivity contribution in [3.63, 3.8) is 0 Å². The lowest BCUT2D eigenvalue weighted by Gasteiger charge is -2.35. The van der Waals surface area contributed by atoms with Gasteiger partial charge in [0.25, 0.3) is 5.91 Å². The maximum atomic E-state index is 12.6. The van der Waals surface area contributed by atoms with Gasteiger partial charge in [0.15, 0.2) is 0 Å². The summed E-state index contributed by atoms with van der Waals surface area (Å²) in [5.41, 5.74) is 1.24. The molecule has 6 nitrogen and oxygen atoms in total. The monoisotopic (exact) mass is 362 g/mol. The number of rotatable bonds is 4. The van der Waals surface area contributed by atoms with Crippen LogP contribution in [0.2, 0.25) is 0 Å². The summed E-state index contributed by atoms with van der Waals surface area (Å²) in [7, 11) is 0. The van der Waals surface area contributed by atoms with Crippen molar-refractivity contribution in [3.8, 4) is 5.75 Å². The summed E-state index contributed by atoms with van der Waals surface area (Å²) in [6.45, 7) is 3.21. The van der Waals surface area contributed by atoms with E-state index in [1.54, 1.807) is 11.0 Å². The molecule has 0 spiro atoms. The van der Waals surface area contributed by atoms with E-state index in [9.17, 15) is 13.6 Å². The average Bonchev–Trinajstić information content (AvgIpc) is 2.60. The van der Waals surface area contributed by atoms with Crippen LogP contribution in [0.15, 0.2) is 30.3 Å². The van der Waals surface area contributed by atoms with Crippen LogP contribution in [0.3, 0.4) is 0 Å². The third-order valence-corrected chi connectivity index (χ3v) is 4.15. The van der Waals surface area contributed by atoms with Crippen molar-refractivity contribution in [3.05, 3.63) is 47.4 Å². The van der Waals surface area contributed by atoms with Crippen LogP contribution < -0.4 is 9.64 Å². The van der Waals surface area contributed by atoms with Crippen LogP contribution in [-0.4, -0.2) is 53.6 Å². The van der Waals surface area contributed by atoms with E-state index in [2.05, 4.69) is 19.6 Å². The fourth-order valence-corrected chi connectivity index (χ4v) is 2.99. The number of carbonyl (C=O) groups is 1. The highest BCUT2D eigenvalue weighted by atomic mass is 19.3. The largest absolute Gasteiger partial charge is 0.435 e. The van der Waals surface area contributed by atoms with Crippen LogP contribution in [0, 0.1) is 13.8 Å². The lowest BCUT2D eigenvalue weighted by atomic mass is 10.1. The molecule has 1 aliphatic heterocycles. The minimum Gasteiger partial charge on any atom is -0.435 e. The number of hydrogen-bond donors (Lipinski definition) is 0. The summed E-state index contributed by atoms with van der Waals surface area (Å²) >= 11 is 0. The molecule has 1 saturated heterocycles. The Hall–Kier alpha value is -2.77. The molecule has 0 atom stereocenters. The highest BCUT2D eigenvalue weighted by molar-refractivity contribution is 5.94. The molecule has 0 N–H and O–H groups in total. The van der Waals surface area contributed by atoms with Gasteiger partial charge in [-0.3, -0.25) is 4.79 Å². The highest BCUT2D eigenvalue weighted by Crippen LogP contribution is 2.19. The molecule has 8 heteroatoms. The fourth-order valence-electron chi connectivity index (χ4n) is 2.99. The van der Waals surface area contributed by atoms with Gasteiger partial charge in [-0.1, -0.05) is 6.07 Å². The number of aromatic nitrogens is 2. The topological polar surface area (TPSA) is 58.6 Å². The third-order valence-electron chi connectivity index (χ3n) is 4.15. The van der Waals surface area contributed by atoms with Crippen molar-refractivity contribution in [1.82, 2.24) is 14.9 Å². The third kappa shape index (κ3) is 4.25. The Labute approximate surface area is 150 Å². The molecule has 1 aromatic heterocycles. The van der Waals surface area contributed by atoms with E-state index in [-0.39, 0.29) is 11.7 Å². The predicted octanol–water partition coefficient (Wildman–Crippen LogP) is 2.66. The summed E-state index contributed by atoms with van der Waals surface area (Å²) in [4.78, 5) is 25.2. The van der Waals surface area contributed by atoms with Crippen molar-refractivity contribution in [2.45, 2.75) is 20.5 Å². The Kier molecular flexibility index (Phi) is 5.29. The molecule has 26 heavy (non-hydrogen) atoms. The molecule has 1 aliphatic rings. The number of amides is 1. The highest BCUT2D eigenvalue weighted by Gasteiger charge is 2.23. The lowest BCUT2D eigenvalue weighted by Crippen LogP contribution is -2.49. The van der Waals surface area contributed by atoms with E-state index in [0.717, 1.165) is 11.5 Å². The number of ether oxygens (including phenoxy) is 1. The van der Waals surface area contributed by atoms with Gasteiger partial charge in [-0.15, -0.1) is 0 Å². The number of hydrogen-bond acceptors (Lipinski definition) is 5. The van der Waals surface area contributed by atoms with Gasteiger partial charge < -0.3 is 14.5 Å². The van der Waals surface area contributed by atoms with Crippen LogP contribution in [-0.2, 0) is 0 Å². The van der Waals surface area contributed by atoms with Gasteiger partial charge in [-0.2, -0.15) is 8.78 Å². The SMILES string of the molecule is Cc1cc(N2CCN(C(=O)c3cccc(OC(F)F)c3)CC2)nc(C)n1. The first-order valence-electron chi connectivity index (χ1n) is 8.34. The molecule has 0 saturated carbocycles. The fraction of sp³-hybridized carbons (Fsp3) is 0.389. The minimum absolute atomic E-state index is 0.0172. The Morgan fingerprint density at radius 3 is 2.50 bits per heavy atom. The molecule has 2 heterocycles. The molecule has 0 radical (unpaired) electrons. The molecule has 138 valence electrons. The molecule has 1 fully saturated rings. The van der Waals surface area contributed by atoms with Gasteiger partial charge in [0.2, 0.25) is 0 Å². The number of benzene rings is 1. The second-order valence-corrected chi connectivity index (χ2v) is 6.10. The Bertz CT molecular complexity index is 772. The van der Waals surface area contributed by atoms with Crippen LogP contribution in [0.25, 0.3) is 0 Å². The Morgan fingerprint density at radius 2 is 1.85 bits per heavy atom. The Balaban J connectivity index is 1.65. The Morgan fingerprint density at radius 1 is 1.12 bits per heavy atom. The van der Waals surface area contributed by atoms with Crippen molar-refractivity contribution in [2.75, 3.05) is 31.1 Å². The maximum Gasteiger partial charge on any atom is 0.387 e. The first kappa shape index (κ1) is 18.0. The summed E-state index contributed by atoms with van der Waals surface area (Å²) in [6, 6.07) is 7.81. The van der Waals surface area contributed by atoms with Crippen molar-refractivity contribution >= 4 is 11.7 Å². The van der Waals surface area contributed by atoms with Crippen LogP contribution in [0.4, 0.5) is 14.6 Å². The average molecular weight is 362 g/mol.